The average Bonchev–Trinajstić information content (AvgIpc) is 2.27. The Morgan fingerprint density at radius 1 is 1.42 bits per heavy atom. The zero-order valence-electron chi connectivity index (χ0n) is 12.2. The molecule has 0 heterocycles. The second kappa shape index (κ2) is 6.06. The molecule has 4 N–H and O–H groups in total. The van der Waals surface area contributed by atoms with E-state index in [2.05, 4.69) is 26.1 Å². The Labute approximate surface area is 115 Å². The average molecular weight is 264 g/mol. The Morgan fingerprint density at radius 2 is 2.05 bits per heavy atom. The molecule has 0 saturated heterocycles. The van der Waals surface area contributed by atoms with Gasteiger partial charge in [-0.25, -0.2) is 0 Å². The topological polar surface area (TPSA) is 75.4 Å². The molecule has 0 radical (unpaired) electrons. The van der Waals surface area contributed by atoms with E-state index in [9.17, 15) is 9.90 Å². The molecule has 1 aromatic carbocycles. The fourth-order valence-electron chi connectivity index (χ4n) is 1.95. The van der Waals surface area contributed by atoms with Crippen molar-refractivity contribution in [2.24, 2.45) is 5.41 Å². The summed E-state index contributed by atoms with van der Waals surface area (Å²) in [5.74, 6) is -0.242. The van der Waals surface area contributed by atoms with Crippen LogP contribution < -0.4 is 11.1 Å². The number of carbonyl (C=O) groups excluding carboxylic acids is 1. The Hall–Kier alpha value is -1.55. The van der Waals surface area contributed by atoms with Gasteiger partial charge >= 0.3 is 0 Å². The lowest BCUT2D eigenvalue weighted by molar-refractivity contribution is 0.0869. The maximum Gasteiger partial charge on any atom is 0.253 e. The highest BCUT2D eigenvalue weighted by Crippen LogP contribution is 2.20. The number of nitrogen functional groups attached to an aromatic ring is 1. The minimum absolute atomic E-state index is 0.0342. The van der Waals surface area contributed by atoms with Gasteiger partial charge in [0.1, 0.15) is 0 Å². The van der Waals surface area contributed by atoms with Crippen LogP contribution in [-0.2, 0) is 0 Å². The fourth-order valence-corrected chi connectivity index (χ4v) is 1.95. The van der Waals surface area contributed by atoms with E-state index in [1.807, 2.05) is 13.0 Å². The van der Waals surface area contributed by atoms with Gasteiger partial charge in [-0.3, -0.25) is 4.79 Å². The van der Waals surface area contributed by atoms with Crippen molar-refractivity contribution < 1.29 is 9.90 Å². The van der Waals surface area contributed by atoms with Crippen molar-refractivity contribution in [2.45, 2.75) is 40.2 Å². The molecule has 4 heteroatoms. The third kappa shape index (κ3) is 5.30. The Kier molecular flexibility index (Phi) is 4.95. The summed E-state index contributed by atoms with van der Waals surface area (Å²) in [5, 5.41) is 12.6. The highest BCUT2D eigenvalue weighted by Gasteiger charge is 2.18. The summed E-state index contributed by atoms with van der Waals surface area (Å²) in [6.45, 7) is 8.30. The number of benzene rings is 1. The van der Waals surface area contributed by atoms with Gasteiger partial charge in [-0.1, -0.05) is 32.4 Å². The molecule has 4 nitrogen and oxygen atoms in total. The summed E-state index contributed by atoms with van der Waals surface area (Å²) in [7, 11) is 0. The SMILES string of the molecule is Cc1ccc(N)c(C(=O)NCC(O)CC(C)(C)C)c1. The van der Waals surface area contributed by atoms with Crippen LogP contribution in [0.2, 0.25) is 0 Å². The molecule has 0 aromatic heterocycles. The van der Waals surface area contributed by atoms with Crippen molar-refractivity contribution in [1.29, 1.82) is 0 Å². The summed E-state index contributed by atoms with van der Waals surface area (Å²) in [4.78, 5) is 12.0. The van der Waals surface area contributed by atoms with E-state index >= 15 is 0 Å². The maximum absolute atomic E-state index is 12.0. The molecular weight excluding hydrogens is 240 g/mol. The minimum Gasteiger partial charge on any atom is -0.398 e. The van der Waals surface area contributed by atoms with E-state index < -0.39 is 6.10 Å². The molecule has 19 heavy (non-hydrogen) atoms. The molecule has 1 aromatic rings. The Morgan fingerprint density at radius 3 is 2.63 bits per heavy atom. The molecule has 0 saturated carbocycles. The van der Waals surface area contributed by atoms with Gasteiger partial charge in [0.15, 0.2) is 0 Å². The third-order valence-electron chi connectivity index (χ3n) is 2.80. The largest absolute Gasteiger partial charge is 0.398 e. The van der Waals surface area contributed by atoms with Crippen LogP contribution in [0.25, 0.3) is 0 Å². The number of rotatable bonds is 4. The van der Waals surface area contributed by atoms with E-state index in [4.69, 9.17) is 5.73 Å². The Balaban J connectivity index is 2.58. The molecular formula is C15H24N2O2. The van der Waals surface area contributed by atoms with Crippen molar-refractivity contribution >= 4 is 11.6 Å². The van der Waals surface area contributed by atoms with Crippen LogP contribution >= 0.6 is 0 Å². The zero-order valence-corrected chi connectivity index (χ0v) is 12.2. The number of nitrogens with two attached hydrogens (primary N) is 1. The quantitative estimate of drug-likeness (QED) is 0.729. The van der Waals surface area contributed by atoms with Gasteiger partial charge in [0, 0.05) is 12.2 Å². The predicted molar refractivity (Wildman–Crippen MR) is 78.0 cm³/mol. The van der Waals surface area contributed by atoms with Crippen molar-refractivity contribution in [2.75, 3.05) is 12.3 Å². The number of anilines is 1. The van der Waals surface area contributed by atoms with Crippen LogP contribution in [0.1, 0.15) is 43.1 Å². The maximum atomic E-state index is 12.0. The second-order valence-corrected chi connectivity index (χ2v) is 6.22. The number of nitrogens with one attached hydrogen (secondary N) is 1. The molecule has 0 aliphatic rings. The first-order valence-corrected chi connectivity index (χ1v) is 6.51. The molecule has 1 unspecified atom stereocenters. The molecule has 106 valence electrons. The van der Waals surface area contributed by atoms with Crippen LogP contribution in [0, 0.1) is 12.3 Å². The molecule has 1 amide bonds. The number of aryl methyl sites for hydroxylation is 1. The lowest BCUT2D eigenvalue weighted by atomic mass is 9.89. The van der Waals surface area contributed by atoms with Gasteiger partial charge in [0.05, 0.1) is 11.7 Å². The molecule has 0 bridgehead atoms. The van der Waals surface area contributed by atoms with Crippen molar-refractivity contribution in [3.05, 3.63) is 29.3 Å². The highest BCUT2D eigenvalue weighted by molar-refractivity contribution is 5.99. The smallest absolute Gasteiger partial charge is 0.253 e. The van der Waals surface area contributed by atoms with E-state index in [0.29, 0.717) is 17.7 Å². The van der Waals surface area contributed by atoms with E-state index in [1.54, 1.807) is 12.1 Å². The summed E-state index contributed by atoms with van der Waals surface area (Å²) in [5.41, 5.74) is 7.70. The fraction of sp³-hybridized carbons (Fsp3) is 0.533. The first kappa shape index (κ1) is 15.5. The van der Waals surface area contributed by atoms with Crippen molar-refractivity contribution in [3.8, 4) is 0 Å². The molecule has 0 spiro atoms. The van der Waals surface area contributed by atoms with Crippen LogP contribution in [0.4, 0.5) is 5.69 Å². The summed E-state index contributed by atoms with van der Waals surface area (Å²) in [6, 6.07) is 5.33. The number of hydrogen-bond acceptors (Lipinski definition) is 3. The molecule has 0 fully saturated rings. The summed E-state index contributed by atoms with van der Waals surface area (Å²) >= 11 is 0. The van der Waals surface area contributed by atoms with Gasteiger partial charge in [-0.15, -0.1) is 0 Å². The van der Waals surface area contributed by atoms with Crippen LogP contribution in [0.5, 0.6) is 0 Å². The monoisotopic (exact) mass is 264 g/mol. The predicted octanol–water partition coefficient (Wildman–Crippen LogP) is 2.10. The number of hydrogen-bond donors (Lipinski definition) is 3. The first-order chi connectivity index (χ1) is 8.69. The number of amides is 1. The van der Waals surface area contributed by atoms with Crippen LogP contribution in [-0.4, -0.2) is 23.7 Å². The van der Waals surface area contributed by atoms with E-state index in [-0.39, 0.29) is 17.9 Å². The van der Waals surface area contributed by atoms with Gasteiger partial charge in [-0.05, 0) is 30.9 Å². The van der Waals surface area contributed by atoms with Crippen LogP contribution in [0.15, 0.2) is 18.2 Å². The summed E-state index contributed by atoms with van der Waals surface area (Å²) < 4.78 is 0. The highest BCUT2D eigenvalue weighted by atomic mass is 16.3. The lowest BCUT2D eigenvalue weighted by Crippen LogP contribution is -2.34. The normalized spacial score (nSPS) is 13.1. The molecule has 1 rings (SSSR count). The van der Waals surface area contributed by atoms with Gasteiger partial charge in [0.2, 0.25) is 0 Å². The number of aliphatic hydroxyl groups excluding tert-OH is 1. The van der Waals surface area contributed by atoms with Gasteiger partial charge < -0.3 is 16.2 Å². The molecule has 0 aliphatic carbocycles. The Bertz CT molecular complexity index is 450. The van der Waals surface area contributed by atoms with Crippen LogP contribution in [0.3, 0.4) is 0 Å². The summed E-state index contributed by atoms with van der Waals surface area (Å²) in [6.07, 6.45) is 0.0892. The molecule has 0 aliphatic heterocycles. The standard InChI is InChI=1S/C15H24N2O2/c1-10-5-6-13(16)12(7-10)14(19)17-9-11(18)8-15(2,3)4/h5-7,11,18H,8-9,16H2,1-4H3,(H,17,19). The van der Waals surface area contributed by atoms with Crippen molar-refractivity contribution in [1.82, 2.24) is 5.32 Å². The second-order valence-electron chi connectivity index (χ2n) is 6.22. The number of aliphatic hydroxyl groups is 1. The first-order valence-electron chi connectivity index (χ1n) is 6.51. The van der Waals surface area contributed by atoms with E-state index in [1.165, 1.54) is 0 Å². The van der Waals surface area contributed by atoms with Gasteiger partial charge in [-0.2, -0.15) is 0 Å². The minimum atomic E-state index is -0.546. The van der Waals surface area contributed by atoms with Crippen molar-refractivity contribution in [3.63, 3.8) is 0 Å². The number of carbonyl (C=O) groups is 1. The van der Waals surface area contributed by atoms with E-state index in [0.717, 1.165) is 5.56 Å². The molecule has 1 atom stereocenters. The zero-order chi connectivity index (χ0) is 14.6. The van der Waals surface area contributed by atoms with Gasteiger partial charge in [0.25, 0.3) is 5.91 Å². The third-order valence-corrected chi connectivity index (χ3v) is 2.80. The lowest BCUT2D eigenvalue weighted by Gasteiger charge is -2.22.